The van der Waals surface area contributed by atoms with Crippen LogP contribution in [-0.4, -0.2) is 43.9 Å². The molecule has 5 nitrogen and oxygen atoms in total. The number of benzene rings is 1. The fraction of sp³-hybridized carbons (Fsp3) is 0.529. The van der Waals surface area contributed by atoms with Gasteiger partial charge in [0.2, 0.25) is 5.91 Å². The average molecular weight is 336 g/mol. The molecule has 1 aliphatic heterocycles. The maximum Gasteiger partial charge on any atom is 0.254 e. The normalized spacial score (nSPS) is 21.8. The third kappa shape index (κ3) is 3.21. The molecule has 1 saturated heterocycles. The molecular weight excluding hydrogens is 314 g/mol. The van der Waals surface area contributed by atoms with Crippen molar-refractivity contribution in [1.82, 2.24) is 10.2 Å². The molecule has 2 N–H and O–H groups in total. The summed E-state index contributed by atoms with van der Waals surface area (Å²) in [7, 11) is 3.36. The first-order chi connectivity index (χ1) is 10.9. The van der Waals surface area contributed by atoms with Gasteiger partial charge in [0, 0.05) is 25.7 Å². The third-order valence-electron chi connectivity index (χ3n) is 4.98. The minimum Gasteiger partial charge on any atom is -0.345 e. The van der Waals surface area contributed by atoms with Crippen LogP contribution in [0.25, 0.3) is 0 Å². The lowest BCUT2D eigenvalue weighted by atomic mass is 9.92. The van der Waals surface area contributed by atoms with Crippen LogP contribution in [0.2, 0.25) is 5.02 Å². The van der Waals surface area contributed by atoms with Crippen molar-refractivity contribution in [3.05, 3.63) is 28.8 Å². The third-order valence-corrected chi connectivity index (χ3v) is 5.29. The molecule has 2 amide bonds. The second kappa shape index (κ2) is 6.13. The standard InChI is InChI=1S/C17H22ClN3O2/c1-21(2)16(23)12-4-3-11(9-14(12)18)20-15(22)13-10-17(13)5-7-19-8-6-17/h3-4,9,13,19H,5-8,10H2,1-2H3,(H,20,22). The molecule has 0 bridgehead atoms. The molecule has 0 aromatic heterocycles. The van der Waals surface area contributed by atoms with Gasteiger partial charge < -0.3 is 15.5 Å². The van der Waals surface area contributed by atoms with Crippen molar-refractivity contribution in [3.63, 3.8) is 0 Å². The molecular formula is C17H22ClN3O2. The summed E-state index contributed by atoms with van der Waals surface area (Å²) in [5.74, 6) is 0.0184. The van der Waals surface area contributed by atoms with Crippen molar-refractivity contribution in [3.8, 4) is 0 Å². The predicted molar refractivity (Wildman–Crippen MR) is 90.7 cm³/mol. The molecule has 1 unspecified atom stereocenters. The number of amides is 2. The van der Waals surface area contributed by atoms with Crippen LogP contribution < -0.4 is 10.6 Å². The van der Waals surface area contributed by atoms with Crippen LogP contribution in [0.3, 0.4) is 0 Å². The zero-order chi connectivity index (χ0) is 16.6. The van der Waals surface area contributed by atoms with Gasteiger partial charge in [0.15, 0.2) is 0 Å². The van der Waals surface area contributed by atoms with Crippen molar-refractivity contribution >= 4 is 29.1 Å². The van der Waals surface area contributed by atoms with Crippen molar-refractivity contribution in [1.29, 1.82) is 0 Å². The summed E-state index contributed by atoms with van der Waals surface area (Å²) >= 11 is 6.18. The fourth-order valence-corrected chi connectivity index (χ4v) is 3.69. The van der Waals surface area contributed by atoms with Gasteiger partial charge in [0.05, 0.1) is 10.6 Å². The Morgan fingerprint density at radius 2 is 2.00 bits per heavy atom. The minimum absolute atomic E-state index is 0.0645. The highest BCUT2D eigenvalue weighted by molar-refractivity contribution is 6.34. The molecule has 1 atom stereocenters. The number of nitrogens with one attached hydrogen (secondary N) is 2. The summed E-state index contributed by atoms with van der Waals surface area (Å²) in [6.45, 7) is 1.99. The van der Waals surface area contributed by atoms with E-state index in [-0.39, 0.29) is 23.1 Å². The number of carbonyl (C=O) groups excluding carboxylic acids is 2. The quantitative estimate of drug-likeness (QED) is 0.891. The van der Waals surface area contributed by atoms with E-state index in [4.69, 9.17) is 11.6 Å². The Bertz CT molecular complexity index is 639. The summed E-state index contributed by atoms with van der Waals surface area (Å²) in [4.78, 5) is 25.9. The number of halogens is 1. The van der Waals surface area contributed by atoms with Gasteiger partial charge in [-0.05, 0) is 56.0 Å². The van der Waals surface area contributed by atoms with E-state index in [1.54, 1.807) is 32.3 Å². The van der Waals surface area contributed by atoms with Crippen LogP contribution in [0.1, 0.15) is 29.6 Å². The Balaban J connectivity index is 1.66. The van der Waals surface area contributed by atoms with E-state index in [9.17, 15) is 9.59 Å². The maximum atomic E-state index is 12.4. The molecule has 23 heavy (non-hydrogen) atoms. The largest absolute Gasteiger partial charge is 0.345 e. The van der Waals surface area contributed by atoms with Crippen LogP contribution in [0.15, 0.2) is 18.2 Å². The Morgan fingerprint density at radius 3 is 2.61 bits per heavy atom. The topological polar surface area (TPSA) is 61.4 Å². The highest BCUT2D eigenvalue weighted by Crippen LogP contribution is 2.58. The van der Waals surface area contributed by atoms with Crippen LogP contribution >= 0.6 is 11.6 Å². The molecule has 2 fully saturated rings. The van der Waals surface area contributed by atoms with E-state index in [0.29, 0.717) is 16.3 Å². The number of hydrogen-bond donors (Lipinski definition) is 2. The van der Waals surface area contributed by atoms with E-state index in [2.05, 4.69) is 10.6 Å². The van der Waals surface area contributed by atoms with Crippen molar-refractivity contribution in [2.75, 3.05) is 32.5 Å². The van der Waals surface area contributed by atoms with Crippen molar-refractivity contribution < 1.29 is 9.59 Å². The molecule has 6 heteroatoms. The van der Waals surface area contributed by atoms with E-state index < -0.39 is 0 Å². The lowest BCUT2D eigenvalue weighted by Gasteiger charge is -2.23. The first-order valence-corrected chi connectivity index (χ1v) is 8.33. The SMILES string of the molecule is CN(C)C(=O)c1ccc(NC(=O)C2CC23CCNCC3)cc1Cl. The summed E-state index contributed by atoms with van der Waals surface area (Å²) in [5.41, 5.74) is 1.29. The molecule has 1 aliphatic carbocycles. The summed E-state index contributed by atoms with van der Waals surface area (Å²) in [6.07, 6.45) is 3.12. The van der Waals surface area contributed by atoms with E-state index >= 15 is 0 Å². The van der Waals surface area contributed by atoms with Crippen molar-refractivity contribution in [2.45, 2.75) is 19.3 Å². The lowest BCUT2D eigenvalue weighted by molar-refractivity contribution is -0.118. The van der Waals surface area contributed by atoms with Crippen LogP contribution in [-0.2, 0) is 4.79 Å². The van der Waals surface area contributed by atoms with Gasteiger partial charge in [-0.25, -0.2) is 0 Å². The Kier molecular flexibility index (Phi) is 4.34. The summed E-state index contributed by atoms with van der Waals surface area (Å²) in [6, 6.07) is 5.04. The average Bonchev–Trinajstić information content (AvgIpc) is 3.21. The predicted octanol–water partition coefficient (Wildman–Crippen LogP) is 2.37. The summed E-state index contributed by atoms with van der Waals surface area (Å²) < 4.78 is 0. The zero-order valence-corrected chi connectivity index (χ0v) is 14.2. The molecule has 1 aromatic carbocycles. The Labute approximate surface area is 141 Å². The van der Waals surface area contributed by atoms with Gasteiger partial charge in [-0.15, -0.1) is 0 Å². The molecule has 2 aliphatic rings. The van der Waals surface area contributed by atoms with Gasteiger partial charge in [0.1, 0.15) is 0 Å². The number of carbonyl (C=O) groups is 2. The van der Waals surface area contributed by atoms with Crippen LogP contribution in [0.5, 0.6) is 0 Å². The fourth-order valence-electron chi connectivity index (χ4n) is 3.43. The van der Waals surface area contributed by atoms with Gasteiger partial charge >= 0.3 is 0 Å². The Hall–Kier alpha value is -1.59. The van der Waals surface area contributed by atoms with E-state index in [1.807, 2.05) is 0 Å². The number of rotatable bonds is 3. The number of hydrogen-bond acceptors (Lipinski definition) is 3. The van der Waals surface area contributed by atoms with Crippen molar-refractivity contribution in [2.24, 2.45) is 11.3 Å². The first-order valence-electron chi connectivity index (χ1n) is 7.96. The van der Waals surface area contributed by atoms with Crippen LogP contribution in [0.4, 0.5) is 5.69 Å². The van der Waals surface area contributed by atoms with Gasteiger partial charge in [-0.1, -0.05) is 11.6 Å². The van der Waals surface area contributed by atoms with Gasteiger partial charge in [-0.2, -0.15) is 0 Å². The second-order valence-electron chi connectivity index (χ2n) is 6.75. The summed E-state index contributed by atoms with van der Waals surface area (Å²) in [5, 5.41) is 6.64. The molecule has 1 aromatic rings. The Morgan fingerprint density at radius 1 is 1.30 bits per heavy atom. The van der Waals surface area contributed by atoms with Gasteiger partial charge in [0.25, 0.3) is 5.91 Å². The highest BCUT2D eigenvalue weighted by Gasteiger charge is 2.57. The minimum atomic E-state index is -0.149. The monoisotopic (exact) mass is 335 g/mol. The second-order valence-corrected chi connectivity index (χ2v) is 7.16. The highest BCUT2D eigenvalue weighted by atomic mass is 35.5. The van der Waals surface area contributed by atoms with E-state index in [0.717, 1.165) is 32.4 Å². The molecule has 124 valence electrons. The number of nitrogens with zero attached hydrogens (tertiary/aromatic N) is 1. The zero-order valence-electron chi connectivity index (χ0n) is 13.5. The van der Waals surface area contributed by atoms with Crippen LogP contribution in [0, 0.1) is 11.3 Å². The molecule has 1 saturated carbocycles. The maximum absolute atomic E-state index is 12.4. The molecule has 3 rings (SSSR count). The number of anilines is 1. The van der Waals surface area contributed by atoms with E-state index in [1.165, 1.54) is 4.90 Å². The molecule has 1 spiro atoms. The number of piperidine rings is 1. The lowest BCUT2D eigenvalue weighted by Crippen LogP contribution is -2.31. The van der Waals surface area contributed by atoms with Gasteiger partial charge in [-0.3, -0.25) is 9.59 Å². The molecule has 0 radical (unpaired) electrons. The first kappa shape index (κ1) is 16.3. The smallest absolute Gasteiger partial charge is 0.254 e. The molecule has 1 heterocycles.